The molecule has 3 nitrogen and oxygen atoms in total. The van der Waals surface area contributed by atoms with E-state index >= 15 is 0 Å². The SMILES string of the molecule is Cc1ccc(N(C)c2ccc3c(c2)oc2cc(N(c4ccc(C)cc4)c4ccc(C)cc4)ccc23)cc1. The minimum absolute atomic E-state index is 0.881. The molecule has 0 aliphatic rings. The maximum Gasteiger partial charge on any atom is 0.137 e. The van der Waals surface area contributed by atoms with Gasteiger partial charge in [0, 0.05) is 58.4 Å². The minimum atomic E-state index is 0.881. The summed E-state index contributed by atoms with van der Waals surface area (Å²) in [5.41, 5.74) is 11.1. The second-order valence-corrected chi connectivity index (χ2v) is 9.86. The van der Waals surface area contributed by atoms with Crippen molar-refractivity contribution in [3.8, 4) is 0 Å². The molecule has 0 aliphatic carbocycles. The van der Waals surface area contributed by atoms with Gasteiger partial charge in [0.15, 0.2) is 0 Å². The summed E-state index contributed by atoms with van der Waals surface area (Å²) < 4.78 is 6.45. The fourth-order valence-electron chi connectivity index (χ4n) is 4.85. The van der Waals surface area contributed by atoms with Crippen LogP contribution in [0.2, 0.25) is 0 Å². The molecule has 0 amide bonds. The van der Waals surface area contributed by atoms with E-state index in [1.165, 1.54) is 16.7 Å². The van der Waals surface area contributed by atoms with Crippen molar-refractivity contribution in [1.29, 1.82) is 0 Å². The lowest BCUT2D eigenvalue weighted by molar-refractivity contribution is 0.669. The number of hydrogen-bond donors (Lipinski definition) is 0. The van der Waals surface area contributed by atoms with Crippen molar-refractivity contribution in [3.63, 3.8) is 0 Å². The van der Waals surface area contributed by atoms with Gasteiger partial charge in [0.1, 0.15) is 11.2 Å². The summed E-state index contributed by atoms with van der Waals surface area (Å²) in [5.74, 6) is 0. The van der Waals surface area contributed by atoms with E-state index in [1.807, 2.05) is 0 Å². The van der Waals surface area contributed by atoms with Crippen LogP contribution < -0.4 is 9.80 Å². The van der Waals surface area contributed by atoms with Crippen LogP contribution in [-0.4, -0.2) is 7.05 Å². The van der Waals surface area contributed by atoms with Crippen LogP contribution in [-0.2, 0) is 0 Å². The molecule has 0 unspecified atom stereocenters. The average Bonchev–Trinajstić information content (AvgIpc) is 3.28. The van der Waals surface area contributed by atoms with Gasteiger partial charge in [-0.1, -0.05) is 53.1 Å². The second-order valence-electron chi connectivity index (χ2n) is 9.86. The minimum Gasteiger partial charge on any atom is -0.456 e. The zero-order chi connectivity index (χ0) is 25.5. The van der Waals surface area contributed by atoms with Gasteiger partial charge < -0.3 is 14.2 Å². The molecule has 0 radical (unpaired) electrons. The third-order valence-corrected chi connectivity index (χ3v) is 7.09. The number of aryl methyl sites for hydroxylation is 3. The highest BCUT2D eigenvalue weighted by Crippen LogP contribution is 2.39. The number of anilines is 5. The van der Waals surface area contributed by atoms with E-state index in [0.717, 1.165) is 50.4 Å². The van der Waals surface area contributed by atoms with Crippen LogP contribution in [0, 0.1) is 20.8 Å². The molecule has 0 aliphatic heterocycles. The van der Waals surface area contributed by atoms with Crippen molar-refractivity contribution >= 4 is 50.4 Å². The highest BCUT2D eigenvalue weighted by Gasteiger charge is 2.16. The van der Waals surface area contributed by atoms with E-state index in [-0.39, 0.29) is 0 Å². The summed E-state index contributed by atoms with van der Waals surface area (Å²) in [6, 6.07) is 38.9. The standard InChI is InChI=1S/C34H30N2O/c1-23-5-11-26(12-6-23)35(4)29-17-19-31-32-20-18-30(22-34(32)37-33(31)21-29)36(27-13-7-24(2)8-14-27)28-15-9-25(3)10-16-28/h5-22H,1-4H3. The molecule has 3 heteroatoms. The van der Waals surface area contributed by atoms with Gasteiger partial charge >= 0.3 is 0 Å². The van der Waals surface area contributed by atoms with Crippen LogP contribution in [0.15, 0.2) is 114 Å². The third-order valence-electron chi connectivity index (χ3n) is 7.09. The molecular formula is C34H30N2O. The molecule has 0 saturated carbocycles. The average molecular weight is 483 g/mol. The Morgan fingerprint density at radius 1 is 0.432 bits per heavy atom. The van der Waals surface area contributed by atoms with Crippen molar-refractivity contribution in [1.82, 2.24) is 0 Å². The van der Waals surface area contributed by atoms with Crippen LogP contribution in [0.4, 0.5) is 28.4 Å². The Hall–Kier alpha value is -4.50. The Kier molecular flexibility index (Phi) is 5.69. The van der Waals surface area contributed by atoms with E-state index in [9.17, 15) is 0 Å². The molecule has 1 aromatic heterocycles. The predicted molar refractivity (Wildman–Crippen MR) is 157 cm³/mol. The number of rotatable bonds is 5. The first-order chi connectivity index (χ1) is 18.0. The number of fused-ring (bicyclic) bond motifs is 3. The summed E-state index contributed by atoms with van der Waals surface area (Å²) in [5, 5.41) is 2.25. The molecule has 6 rings (SSSR count). The first-order valence-electron chi connectivity index (χ1n) is 12.7. The molecule has 0 fully saturated rings. The van der Waals surface area contributed by atoms with Gasteiger partial charge in [-0.3, -0.25) is 0 Å². The van der Waals surface area contributed by atoms with Gasteiger partial charge in [-0.15, -0.1) is 0 Å². The summed E-state index contributed by atoms with van der Waals surface area (Å²) in [7, 11) is 2.09. The lowest BCUT2D eigenvalue weighted by Crippen LogP contribution is -2.09. The highest BCUT2D eigenvalue weighted by atomic mass is 16.3. The van der Waals surface area contributed by atoms with Crippen LogP contribution in [0.1, 0.15) is 16.7 Å². The monoisotopic (exact) mass is 482 g/mol. The van der Waals surface area contributed by atoms with Gasteiger partial charge in [0.05, 0.1) is 0 Å². The molecule has 1 heterocycles. The maximum atomic E-state index is 6.45. The van der Waals surface area contributed by atoms with Crippen LogP contribution in [0.25, 0.3) is 21.9 Å². The zero-order valence-electron chi connectivity index (χ0n) is 21.7. The molecular weight excluding hydrogens is 452 g/mol. The number of benzene rings is 5. The normalized spacial score (nSPS) is 11.2. The number of furan rings is 1. The second kappa shape index (κ2) is 9.18. The smallest absolute Gasteiger partial charge is 0.137 e. The molecule has 5 aromatic carbocycles. The lowest BCUT2D eigenvalue weighted by Gasteiger charge is -2.25. The van der Waals surface area contributed by atoms with E-state index < -0.39 is 0 Å². The van der Waals surface area contributed by atoms with Crippen molar-refractivity contribution in [2.75, 3.05) is 16.8 Å². The molecule has 0 spiro atoms. The molecule has 6 aromatic rings. The molecule has 0 saturated heterocycles. The maximum absolute atomic E-state index is 6.45. The molecule has 182 valence electrons. The summed E-state index contributed by atoms with van der Waals surface area (Å²) in [6.07, 6.45) is 0. The zero-order valence-corrected chi connectivity index (χ0v) is 21.7. The molecule has 0 bridgehead atoms. The van der Waals surface area contributed by atoms with Crippen molar-refractivity contribution in [3.05, 3.63) is 126 Å². The topological polar surface area (TPSA) is 19.6 Å². The third kappa shape index (κ3) is 4.34. The van der Waals surface area contributed by atoms with E-state index in [0.29, 0.717) is 0 Å². The Morgan fingerprint density at radius 3 is 1.30 bits per heavy atom. The van der Waals surface area contributed by atoms with Gasteiger partial charge in [0.2, 0.25) is 0 Å². The quantitative estimate of drug-likeness (QED) is 0.244. The van der Waals surface area contributed by atoms with Gasteiger partial charge in [-0.25, -0.2) is 0 Å². The van der Waals surface area contributed by atoms with E-state index in [1.54, 1.807) is 0 Å². The predicted octanol–water partition coefficient (Wildman–Crippen LogP) is 9.75. The van der Waals surface area contributed by atoms with E-state index in [2.05, 4.69) is 147 Å². The Bertz CT molecular complexity index is 1650. The molecule has 37 heavy (non-hydrogen) atoms. The summed E-state index contributed by atoms with van der Waals surface area (Å²) in [4.78, 5) is 4.47. The summed E-state index contributed by atoms with van der Waals surface area (Å²) in [6.45, 7) is 6.34. The summed E-state index contributed by atoms with van der Waals surface area (Å²) >= 11 is 0. The van der Waals surface area contributed by atoms with Gasteiger partial charge in [-0.05, 0) is 81.4 Å². The molecule has 0 N–H and O–H groups in total. The largest absolute Gasteiger partial charge is 0.456 e. The van der Waals surface area contributed by atoms with E-state index in [4.69, 9.17) is 4.42 Å². The van der Waals surface area contributed by atoms with Crippen molar-refractivity contribution in [2.45, 2.75) is 20.8 Å². The Labute approximate surface area is 218 Å². The van der Waals surface area contributed by atoms with Crippen LogP contribution in [0.3, 0.4) is 0 Å². The van der Waals surface area contributed by atoms with Crippen LogP contribution in [0.5, 0.6) is 0 Å². The van der Waals surface area contributed by atoms with Crippen molar-refractivity contribution in [2.24, 2.45) is 0 Å². The Balaban J connectivity index is 1.43. The lowest BCUT2D eigenvalue weighted by atomic mass is 10.1. The first kappa shape index (κ1) is 22.9. The van der Waals surface area contributed by atoms with Gasteiger partial charge in [0.25, 0.3) is 0 Å². The number of nitrogens with zero attached hydrogens (tertiary/aromatic N) is 2. The fourth-order valence-corrected chi connectivity index (χ4v) is 4.85. The van der Waals surface area contributed by atoms with Gasteiger partial charge in [-0.2, -0.15) is 0 Å². The molecule has 0 atom stereocenters. The Morgan fingerprint density at radius 2 is 0.811 bits per heavy atom. The highest BCUT2D eigenvalue weighted by molar-refractivity contribution is 6.07. The van der Waals surface area contributed by atoms with Crippen molar-refractivity contribution < 1.29 is 4.42 Å². The fraction of sp³-hybridized carbons (Fsp3) is 0.118. The van der Waals surface area contributed by atoms with Crippen LogP contribution >= 0.6 is 0 Å². The first-order valence-corrected chi connectivity index (χ1v) is 12.7. The number of hydrogen-bond acceptors (Lipinski definition) is 3.